The number of benzene rings is 3. The minimum atomic E-state index is -4.61. The zero-order valence-electron chi connectivity index (χ0n) is 20.4. The molecule has 0 saturated carbocycles. The smallest absolute Gasteiger partial charge is 0.416 e. The molecule has 0 radical (unpaired) electrons. The first-order chi connectivity index (χ1) is 18.1. The van der Waals surface area contributed by atoms with Gasteiger partial charge in [-0.15, -0.1) is 0 Å². The van der Waals surface area contributed by atoms with Crippen molar-refractivity contribution in [3.8, 4) is 11.5 Å². The summed E-state index contributed by atoms with van der Waals surface area (Å²) < 4.78 is 77.6. The monoisotopic (exact) mass is 582 g/mol. The fraction of sp³-hybridized carbons (Fsp3) is 0.269. The van der Waals surface area contributed by atoms with Crippen LogP contribution in [-0.2, 0) is 22.7 Å². The van der Waals surface area contributed by atoms with Crippen molar-refractivity contribution in [2.75, 3.05) is 37.7 Å². The Kier molecular flexibility index (Phi) is 8.28. The molecule has 0 atom stereocenters. The number of hydrogen-bond acceptors (Lipinski definition) is 6. The Morgan fingerprint density at radius 2 is 1.62 bits per heavy atom. The van der Waals surface area contributed by atoms with Gasteiger partial charge in [-0.2, -0.15) is 13.2 Å². The molecule has 1 saturated heterocycles. The van der Waals surface area contributed by atoms with Gasteiger partial charge < -0.3 is 26.8 Å². The Hall–Kier alpha value is -3.48. The number of alkyl halides is 3. The van der Waals surface area contributed by atoms with Crippen LogP contribution in [0.3, 0.4) is 0 Å². The predicted molar refractivity (Wildman–Crippen MR) is 132 cm³/mol. The van der Waals surface area contributed by atoms with Gasteiger partial charge in [-0.1, -0.05) is 18.2 Å². The van der Waals surface area contributed by atoms with E-state index in [1.54, 1.807) is 4.90 Å². The summed E-state index contributed by atoms with van der Waals surface area (Å²) in [5, 5.41) is 0. The number of anilines is 1. The number of hydrogen-bond donors (Lipinski definition) is 1. The quantitative estimate of drug-likeness (QED) is 0.470. The minimum Gasteiger partial charge on any atom is -1.00 e. The van der Waals surface area contributed by atoms with Gasteiger partial charge >= 0.3 is 6.18 Å². The summed E-state index contributed by atoms with van der Waals surface area (Å²) in [5.74, 6) is 1.12. The maximum absolute atomic E-state index is 13.1. The largest absolute Gasteiger partial charge is 1.00 e. The first kappa shape index (κ1) is 28.5. The average Bonchev–Trinajstić information content (AvgIpc) is 3.36. The van der Waals surface area contributed by atoms with Crippen LogP contribution in [0.5, 0.6) is 11.5 Å². The second-order valence-electron chi connectivity index (χ2n) is 8.97. The van der Waals surface area contributed by atoms with E-state index in [1.807, 2.05) is 18.2 Å². The van der Waals surface area contributed by atoms with E-state index in [0.717, 1.165) is 29.5 Å². The molecule has 3 aromatic rings. The van der Waals surface area contributed by atoms with Gasteiger partial charge in [0.15, 0.2) is 11.5 Å². The van der Waals surface area contributed by atoms with Crippen LogP contribution in [0.1, 0.15) is 21.5 Å². The summed E-state index contributed by atoms with van der Waals surface area (Å²) in [4.78, 5) is 16.8. The van der Waals surface area contributed by atoms with Gasteiger partial charge in [0.2, 0.25) is 6.79 Å². The van der Waals surface area contributed by atoms with Crippen LogP contribution in [0.25, 0.3) is 0 Å². The van der Waals surface area contributed by atoms with Crippen molar-refractivity contribution in [2.24, 2.45) is 0 Å². The minimum absolute atomic E-state index is 0. The molecule has 0 spiro atoms. The topological polar surface area (TPSA) is 88.2 Å². The van der Waals surface area contributed by atoms with Gasteiger partial charge in [-0.05, 0) is 54.1 Å². The number of carbonyl (C=O) groups is 1. The standard InChI is InChI=1S/C26H24F3N3O5S.ClH/c27-26(28,29)20-4-2-5-21(15-20)30-38(34,35)22-6-1-3-19(14-22)25(33)32-11-9-31(10-12-32)16-18-7-8-23-24(13-18)37-17-36-23;/h1-8,13-15,30H,9-12,16-17H2;1H/p-1. The molecule has 0 bridgehead atoms. The highest BCUT2D eigenvalue weighted by Crippen LogP contribution is 2.33. The van der Waals surface area contributed by atoms with Crippen molar-refractivity contribution in [3.05, 3.63) is 83.4 Å². The lowest BCUT2D eigenvalue weighted by atomic mass is 10.1. The van der Waals surface area contributed by atoms with E-state index in [9.17, 15) is 26.4 Å². The third-order valence-electron chi connectivity index (χ3n) is 6.34. The van der Waals surface area contributed by atoms with E-state index in [0.29, 0.717) is 38.5 Å². The van der Waals surface area contributed by atoms with Crippen molar-refractivity contribution in [3.63, 3.8) is 0 Å². The van der Waals surface area contributed by atoms with Crippen molar-refractivity contribution < 1.29 is 48.3 Å². The molecule has 1 N–H and O–H groups in total. The second kappa shape index (κ2) is 11.3. The molecule has 13 heteroatoms. The number of amides is 1. The average molecular weight is 583 g/mol. The normalized spacial score (nSPS) is 15.5. The van der Waals surface area contributed by atoms with E-state index in [2.05, 4.69) is 9.62 Å². The number of carbonyl (C=O) groups excluding carboxylic acids is 1. The lowest BCUT2D eigenvalue weighted by Gasteiger charge is -2.34. The second-order valence-corrected chi connectivity index (χ2v) is 10.7. The lowest BCUT2D eigenvalue weighted by Crippen LogP contribution is -3.00. The van der Waals surface area contributed by atoms with Gasteiger partial charge in [0.1, 0.15) is 0 Å². The number of nitrogens with one attached hydrogen (secondary N) is 1. The molecular weight excluding hydrogens is 559 g/mol. The summed E-state index contributed by atoms with van der Waals surface area (Å²) in [6.45, 7) is 3.09. The summed E-state index contributed by atoms with van der Waals surface area (Å²) >= 11 is 0. The molecule has 8 nitrogen and oxygen atoms in total. The summed E-state index contributed by atoms with van der Waals surface area (Å²) in [5.41, 5.74) is 0.0516. The maximum atomic E-state index is 13.1. The molecule has 2 aliphatic heterocycles. The lowest BCUT2D eigenvalue weighted by molar-refractivity contribution is -0.137. The Morgan fingerprint density at radius 1 is 0.897 bits per heavy atom. The Labute approximate surface area is 229 Å². The van der Waals surface area contributed by atoms with Gasteiger partial charge in [-0.25, -0.2) is 8.42 Å². The number of halogens is 4. The van der Waals surface area contributed by atoms with E-state index in [4.69, 9.17) is 9.47 Å². The number of nitrogens with zero attached hydrogens (tertiary/aromatic N) is 2. The molecule has 1 amide bonds. The molecule has 39 heavy (non-hydrogen) atoms. The predicted octanol–water partition coefficient (Wildman–Crippen LogP) is 1.20. The molecule has 2 heterocycles. The van der Waals surface area contributed by atoms with Gasteiger partial charge in [0, 0.05) is 44.0 Å². The number of sulfonamides is 1. The van der Waals surface area contributed by atoms with Gasteiger partial charge in [0.25, 0.3) is 15.9 Å². The maximum Gasteiger partial charge on any atom is 0.416 e. The summed E-state index contributed by atoms with van der Waals surface area (Å²) in [6.07, 6.45) is -4.61. The van der Waals surface area contributed by atoms with Crippen LogP contribution in [0, 0.1) is 0 Å². The summed E-state index contributed by atoms with van der Waals surface area (Å²) in [7, 11) is -4.23. The van der Waals surface area contributed by atoms with Crippen molar-refractivity contribution in [1.29, 1.82) is 0 Å². The van der Waals surface area contributed by atoms with Crippen molar-refractivity contribution in [1.82, 2.24) is 9.80 Å². The van der Waals surface area contributed by atoms with Crippen LogP contribution in [-0.4, -0.2) is 57.1 Å². The van der Waals surface area contributed by atoms with Crippen LogP contribution in [0.2, 0.25) is 0 Å². The number of piperazine rings is 1. The third-order valence-corrected chi connectivity index (χ3v) is 7.72. The molecule has 1 fully saturated rings. The van der Waals surface area contributed by atoms with Crippen LogP contribution >= 0.6 is 0 Å². The molecule has 0 aromatic heterocycles. The van der Waals surface area contributed by atoms with Crippen molar-refractivity contribution >= 4 is 21.6 Å². The van der Waals surface area contributed by atoms with E-state index in [1.165, 1.54) is 30.3 Å². The first-order valence-corrected chi connectivity index (χ1v) is 13.3. The van der Waals surface area contributed by atoms with E-state index >= 15 is 0 Å². The zero-order valence-corrected chi connectivity index (χ0v) is 22.0. The van der Waals surface area contributed by atoms with Crippen LogP contribution < -0.4 is 26.6 Å². The van der Waals surface area contributed by atoms with E-state index in [-0.39, 0.29) is 41.3 Å². The Bertz CT molecular complexity index is 1460. The highest BCUT2D eigenvalue weighted by atomic mass is 35.5. The number of ether oxygens (including phenoxy) is 2. The SMILES string of the molecule is O=C(c1cccc(S(=O)(=O)Nc2cccc(C(F)(F)F)c2)c1)N1CCN(Cc2ccc3c(c2)OCO3)CC1.[Cl-]. The molecular formula is C26H24ClF3N3O5S-. The molecule has 5 rings (SSSR count). The van der Waals surface area contributed by atoms with Gasteiger partial charge in [-0.3, -0.25) is 14.4 Å². The Morgan fingerprint density at radius 3 is 2.36 bits per heavy atom. The highest BCUT2D eigenvalue weighted by Gasteiger charge is 2.31. The molecule has 208 valence electrons. The van der Waals surface area contributed by atoms with Crippen LogP contribution in [0.4, 0.5) is 18.9 Å². The third kappa shape index (κ3) is 6.57. The fourth-order valence-electron chi connectivity index (χ4n) is 4.36. The fourth-order valence-corrected chi connectivity index (χ4v) is 5.45. The highest BCUT2D eigenvalue weighted by molar-refractivity contribution is 7.92. The molecule has 2 aliphatic rings. The molecule has 0 unspecified atom stereocenters. The molecule has 0 aliphatic carbocycles. The number of fused-ring (bicyclic) bond motifs is 1. The first-order valence-electron chi connectivity index (χ1n) is 11.8. The van der Waals surface area contributed by atoms with Gasteiger partial charge in [0.05, 0.1) is 10.5 Å². The Balaban J connectivity index is 0.00000353. The van der Waals surface area contributed by atoms with Crippen molar-refractivity contribution in [2.45, 2.75) is 17.6 Å². The summed E-state index contributed by atoms with van der Waals surface area (Å²) in [6, 6.07) is 15.2. The van der Waals surface area contributed by atoms with Crippen LogP contribution in [0.15, 0.2) is 71.6 Å². The van der Waals surface area contributed by atoms with E-state index < -0.39 is 21.8 Å². The molecule has 3 aromatic carbocycles. The number of rotatable bonds is 6. The zero-order chi connectivity index (χ0) is 26.9.